The second-order valence-corrected chi connectivity index (χ2v) is 4.01. The number of nitro groups is 1. The minimum absolute atomic E-state index is 0.0277. The van der Waals surface area contributed by atoms with Crippen LogP contribution in [-0.4, -0.2) is 10.7 Å². The minimum Gasteiger partial charge on any atom is -0.362 e. The Morgan fingerprint density at radius 2 is 1.70 bits per heavy atom. The van der Waals surface area contributed by atoms with Crippen molar-refractivity contribution in [2.75, 3.05) is 5.32 Å². The van der Waals surface area contributed by atoms with Crippen molar-refractivity contribution in [3.63, 3.8) is 0 Å². The first-order chi connectivity index (χ1) is 9.66. The van der Waals surface area contributed by atoms with Crippen molar-refractivity contribution in [1.29, 1.82) is 0 Å². The maximum atomic E-state index is 11.8. The van der Waals surface area contributed by atoms with Crippen LogP contribution in [-0.2, 0) is 0 Å². The molecule has 1 N–H and O–H groups in total. The van der Waals surface area contributed by atoms with Crippen LogP contribution in [0.25, 0.3) is 0 Å². The standard InChI is InChI=1S/C15H12N2O3/c18-15(12-4-2-1-3-5-12)10-11-16-13-6-8-14(9-7-13)17(19)20/h1-11,16H/b11-10-. The highest BCUT2D eigenvalue weighted by Gasteiger charge is 2.03. The van der Waals surface area contributed by atoms with E-state index >= 15 is 0 Å². The van der Waals surface area contributed by atoms with Crippen LogP contribution in [0.1, 0.15) is 10.4 Å². The maximum Gasteiger partial charge on any atom is 0.269 e. The molecule has 0 radical (unpaired) electrons. The molecule has 0 unspecified atom stereocenters. The Bertz CT molecular complexity index is 634. The Morgan fingerprint density at radius 1 is 1.05 bits per heavy atom. The fourth-order valence-electron chi connectivity index (χ4n) is 1.59. The van der Waals surface area contributed by atoms with Gasteiger partial charge >= 0.3 is 0 Å². The van der Waals surface area contributed by atoms with E-state index in [4.69, 9.17) is 0 Å². The van der Waals surface area contributed by atoms with Gasteiger partial charge in [-0.15, -0.1) is 0 Å². The van der Waals surface area contributed by atoms with E-state index in [1.54, 1.807) is 36.4 Å². The molecule has 5 heteroatoms. The summed E-state index contributed by atoms with van der Waals surface area (Å²) in [5.74, 6) is -0.111. The lowest BCUT2D eigenvalue weighted by molar-refractivity contribution is -0.384. The monoisotopic (exact) mass is 268 g/mol. The molecule has 100 valence electrons. The lowest BCUT2D eigenvalue weighted by Crippen LogP contribution is -1.96. The summed E-state index contributed by atoms with van der Waals surface area (Å²) < 4.78 is 0. The molecule has 0 atom stereocenters. The average molecular weight is 268 g/mol. The number of nitrogens with one attached hydrogen (secondary N) is 1. The van der Waals surface area contributed by atoms with E-state index in [2.05, 4.69) is 5.32 Å². The van der Waals surface area contributed by atoms with Gasteiger partial charge in [0.15, 0.2) is 5.78 Å². The van der Waals surface area contributed by atoms with Crippen LogP contribution in [0.2, 0.25) is 0 Å². The molecule has 0 aliphatic carbocycles. The topological polar surface area (TPSA) is 72.2 Å². The molecule has 0 aliphatic rings. The lowest BCUT2D eigenvalue weighted by Gasteiger charge is -1.99. The van der Waals surface area contributed by atoms with Crippen molar-refractivity contribution in [1.82, 2.24) is 0 Å². The number of carbonyl (C=O) groups is 1. The fourth-order valence-corrected chi connectivity index (χ4v) is 1.59. The van der Waals surface area contributed by atoms with Crippen molar-refractivity contribution < 1.29 is 9.72 Å². The van der Waals surface area contributed by atoms with E-state index < -0.39 is 4.92 Å². The average Bonchev–Trinajstić information content (AvgIpc) is 2.48. The van der Waals surface area contributed by atoms with E-state index in [0.717, 1.165) is 0 Å². The predicted octanol–water partition coefficient (Wildman–Crippen LogP) is 3.40. The number of benzene rings is 2. The first kappa shape index (κ1) is 13.5. The third-order valence-corrected chi connectivity index (χ3v) is 2.62. The summed E-state index contributed by atoms with van der Waals surface area (Å²) in [6.07, 6.45) is 2.92. The highest BCUT2D eigenvalue weighted by Crippen LogP contribution is 2.15. The number of allylic oxidation sites excluding steroid dienone is 1. The largest absolute Gasteiger partial charge is 0.362 e. The first-order valence-electron chi connectivity index (χ1n) is 5.94. The van der Waals surface area contributed by atoms with Gasteiger partial charge in [0.05, 0.1) is 4.92 Å². The van der Waals surface area contributed by atoms with Crippen LogP contribution in [0, 0.1) is 10.1 Å². The van der Waals surface area contributed by atoms with Gasteiger partial charge in [-0.3, -0.25) is 14.9 Å². The third kappa shape index (κ3) is 3.52. The van der Waals surface area contributed by atoms with Crippen molar-refractivity contribution in [3.8, 4) is 0 Å². The zero-order valence-corrected chi connectivity index (χ0v) is 10.5. The number of nitrogens with zero attached hydrogens (tertiary/aromatic N) is 1. The second kappa shape index (κ2) is 6.29. The predicted molar refractivity (Wildman–Crippen MR) is 76.6 cm³/mol. The summed E-state index contributed by atoms with van der Waals surface area (Å²) in [5, 5.41) is 13.4. The number of hydrogen-bond acceptors (Lipinski definition) is 4. The molecule has 0 amide bonds. The van der Waals surface area contributed by atoms with Crippen LogP contribution in [0.4, 0.5) is 11.4 Å². The highest BCUT2D eigenvalue weighted by molar-refractivity contribution is 6.04. The smallest absolute Gasteiger partial charge is 0.269 e. The third-order valence-electron chi connectivity index (χ3n) is 2.62. The molecular formula is C15H12N2O3. The molecule has 2 rings (SSSR count). The van der Waals surface area contributed by atoms with Crippen molar-refractivity contribution in [2.45, 2.75) is 0 Å². The normalized spacial score (nSPS) is 10.4. The molecule has 0 aliphatic heterocycles. The highest BCUT2D eigenvalue weighted by atomic mass is 16.6. The number of non-ortho nitro benzene ring substituents is 1. The number of ketones is 1. The number of carbonyl (C=O) groups excluding carboxylic acids is 1. The Hall–Kier alpha value is -2.95. The van der Waals surface area contributed by atoms with Gasteiger partial charge in [0.1, 0.15) is 0 Å². The van der Waals surface area contributed by atoms with Gasteiger partial charge in [-0.2, -0.15) is 0 Å². The fraction of sp³-hybridized carbons (Fsp3) is 0. The first-order valence-corrected chi connectivity index (χ1v) is 5.94. The molecule has 0 aromatic heterocycles. The number of nitro benzene ring substituents is 1. The molecule has 20 heavy (non-hydrogen) atoms. The van der Waals surface area contributed by atoms with Crippen LogP contribution in [0.5, 0.6) is 0 Å². The Labute approximate surface area is 115 Å². The van der Waals surface area contributed by atoms with Crippen LogP contribution in [0.3, 0.4) is 0 Å². The number of anilines is 1. The second-order valence-electron chi connectivity index (χ2n) is 4.01. The molecule has 5 nitrogen and oxygen atoms in total. The zero-order valence-electron chi connectivity index (χ0n) is 10.5. The van der Waals surface area contributed by atoms with Gasteiger partial charge in [-0.05, 0) is 12.1 Å². The minimum atomic E-state index is -0.460. The van der Waals surface area contributed by atoms with Crippen LogP contribution >= 0.6 is 0 Å². The van der Waals surface area contributed by atoms with Crippen molar-refractivity contribution >= 4 is 17.2 Å². The summed E-state index contributed by atoms with van der Waals surface area (Å²) in [5.41, 5.74) is 1.31. The Balaban J connectivity index is 1.96. The van der Waals surface area contributed by atoms with Gasteiger partial charge in [-0.1, -0.05) is 30.3 Å². The van der Waals surface area contributed by atoms with Gasteiger partial charge < -0.3 is 5.32 Å². The molecule has 0 bridgehead atoms. The summed E-state index contributed by atoms with van der Waals surface area (Å²) in [4.78, 5) is 21.8. The summed E-state index contributed by atoms with van der Waals surface area (Å²) in [6, 6.07) is 14.9. The summed E-state index contributed by atoms with van der Waals surface area (Å²) in [6.45, 7) is 0. The van der Waals surface area contributed by atoms with Crippen LogP contribution < -0.4 is 5.32 Å². The van der Waals surface area contributed by atoms with Gasteiger partial charge in [0.25, 0.3) is 5.69 Å². The van der Waals surface area contributed by atoms with Crippen LogP contribution in [0.15, 0.2) is 66.9 Å². The Kier molecular flexibility index (Phi) is 4.24. The van der Waals surface area contributed by atoms with Gasteiger partial charge in [-0.25, -0.2) is 0 Å². The molecule has 2 aromatic carbocycles. The van der Waals surface area contributed by atoms with E-state index in [1.807, 2.05) is 6.07 Å². The SMILES string of the molecule is O=C(/C=C\Nc1ccc([N+](=O)[O-])cc1)c1ccccc1. The van der Waals surface area contributed by atoms with Gasteiger partial charge in [0, 0.05) is 35.7 Å². The molecular weight excluding hydrogens is 256 g/mol. The van der Waals surface area contributed by atoms with Gasteiger partial charge in [0.2, 0.25) is 0 Å². The summed E-state index contributed by atoms with van der Waals surface area (Å²) in [7, 11) is 0. The lowest BCUT2D eigenvalue weighted by atomic mass is 10.1. The van der Waals surface area contributed by atoms with E-state index in [0.29, 0.717) is 11.3 Å². The number of rotatable bonds is 5. The van der Waals surface area contributed by atoms with E-state index in [1.165, 1.54) is 24.4 Å². The molecule has 2 aromatic rings. The summed E-state index contributed by atoms with van der Waals surface area (Å²) >= 11 is 0. The van der Waals surface area contributed by atoms with Crippen molar-refractivity contribution in [2.24, 2.45) is 0 Å². The molecule has 0 spiro atoms. The van der Waals surface area contributed by atoms with E-state index in [9.17, 15) is 14.9 Å². The maximum absolute atomic E-state index is 11.8. The van der Waals surface area contributed by atoms with Crippen molar-refractivity contribution in [3.05, 3.63) is 82.6 Å². The molecule has 0 saturated heterocycles. The Morgan fingerprint density at radius 3 is 2.30 bits per heavy atom. The zero-order chi connectivity index (χ0) is 14.4. The van der Waals surface area contributed by atoms with E-state index in [-0.39, 0.29) is 11.5 Å². The number of hydrogen-bond donors (Lipinski definition) is 1. The molecule has 0 fully saturated rings. The molecule has 0 heterocycles. The molecule has 0 saturated carbocycles. The quantitative estimate of drug-likeness (QED) is 0.390.